The number of sulfonamides is 1. The van der Waals surface area contributed by atoms with E-state index < -0.39 is 10.0 Å². The molecule has 0 bridgehead atoms. The number of carbonyl (C=O) groups is 1. The summed E-state index contributed by atoms with van der Waals surface area (Å²) in [7, 11) is -3.65. The highest BCUT2D eigenvalue weighted by Gasteiger charge is 2.22. The SMILES string of the molecule is CS(=O)(=O)N(CC(=O)NCc1ccccc1CN1CCCC1)c1cccc2ccccc12. The van der Waals surface area contributed by atoms with Crippen molar-refractivity contribution in [3.63, 3.8) is 0 Å². The lowest BCUT2D eigenvalue weighted by molar-refractivity contribution is -0.119. The molecule has 1 N–H and O–H groups in total. The fraction of sp³-hybridized carbons (Fsp3) is 0.320. The van der Waals surface area contributed by atoms with Gasteiger partial charge in [0, 0.05) is 18.5 Å². The van der Waals surface area contributed by atoms with Crippen LogP contribution in [-0.2, 0) is 27.9 Å². The summed E-state index contributed by atoms with van der Waals surface area (Å²) >= 11 is 0. The molecule has 0 aliphatic carbocycles. The summed E-state index contributed by atoms with van der Waals surface area (Å²) in [5.41, 5.74) is 2.77. The van der Waals surface area contributed by atoms with Crippen LogP contribution < -0.4 is 9.62 Å². The molecule has 0 spiro atoms. The zero-order valence-electron chi connectivity index (χ0n) is 18.3. The van der Waals surface area contributed by atoms with Crippen LogP contribution in [-0.4, -0.2) is 45.1 Å². The quantitative estimate of drug-likeness (QED) is 0.569. The van der Waals surface area contributed by atoms with E-state index in [0.29, 0.717) is 12.2 Å². The van der Waals surface area contributed by atoms with Crippen molar-refractivity contribution >= 4 is 32.4 Å². The number of carbonyl (C=O) groups excluding carboxylic acids is 1. The number of likely N-dealkylation sites (tertiary alicyclic amines) is 1. The molecule has 1 fully saturated rings. The summed E-state index contributed by atoms with van der Waals surface area (Å²) in [6, 6.07) is 21.1. The van der Waals surface area contributed by atoms with Crippen LogP contribution >= 0.6 is 0 Å². The van der Waals surface area contributed by atoms with Gasteiger partial charge in [-0.2, -0.15) is 0 Å². The van der Waals surface area contributed by atoms with Crippen LogP contribution in [0.2, 0.25) is 0 Å². The Hall–Kier alpha value is -2.90. The van der Waals surface area contributed by atoms with Gasteiger partial charge in [-0.25, -0.2) is 8.42 Å². The molecule has 7 heteroatoms. The number of hydrogen-bond donors (Lipinski definition) is 1. The molecular weight excluding hydrogens is 422 g/mol. The molecule has 0 saturated carbocycles. The number of rotatable bonds is 8. The van der Waals surface area contributed by atoms with E-state index in [4.69, 9.17) is 0 Å². The molecule has 32 heavy (non-hydrogen) atoms. The minimum Gasteiger partial charge on any atom is -0.350 e. The first-order valence-electron chi connectivity index (χ1n) is 10.9. The molecule has 0 atom stereocenters. The average molecular weight is 452 g/mol. The van der Waals surface area contributed by atoms with Crippen LogP contribution in [0.5, 0.6) is 0 Å². The van der Waals surface area contributed by atoms with Crippen LogP contribution in [0.15, 0.2) is 66.7 Å². The van der Waals surface area contributed by atoms with Crippen molar-refractivity contribution in [1.29, 1.82) is 0 Å². The third kappa shape index (κ3) is 5.29. The first-order chi connectivity index (χ1) is 15.4. The zero-order valence-corrected chi connectivity index (χ0v) is 19.1. The molecule has 0 aromatic heterocycles. The van der Waals surface area contributed by atoms with E-state index in [0.717, 1.165) is 42.2 Å². The van der Waals surface area contributed by atoms with Gasteiger partial charge in [-0.15, -0.1) is 0 Å². The average Bonchev–Trinajstić information content (AvgIpc) is 3.29. The molecule has 1 aliphatic rings. The Kier molecular flexibility index (Phi) is 6.77. The number of amides is 1. The lowest BCUT2D eigenvalue weighted by Gasteiger charge is -2.23. The second-order valence-electron chi connectivity index (χ2n) is 8.30. The van der Waals surface area contributed by atoms with Gasteiger partial charge < -0.3 is 5.32 Å². The maximum absolute atomic E-state index is 12.8. The van der Waals surface area contributed by atoms with Gasteiger partial charge in [0.2, 0.25) is 15.9 Å². The molecule has 4 rings (SSSR count). The van der Waals surface area contributed by atoms with Gasteiger partial charge in [-0.1, -0.05) is 60.7 Å². The van der Waals surface area contributed by atoms with E-state index in [1.54, 1.807) is 6.07 Å². The second-order valence-corrected chi connectivity index (χ2v) is 10.2. The van der Waals surface area contributed by atoms with Crippen LogP contribution in [0.3, 0.4) is 0 Å². The van der Waals surface area contributed by atoms with Crippen molar-refractivity contribution in [2.24, 2.45) is 0 Å². The second kappa shape index (κ2) is 9.71. The molecule has 3 aromatic rings. The first kappa shape index (κ1) is 22.3. The number of anilines is 1. The monoisotopic (exact) mass is 451 g/mol. The predicted molar refractivity (Wildman–Crippen MR) is 129 cm³/mol. The minimum absolute atomic E-state index is 0.263. The minimum atomic E-state index is -3.65. The van der Waals surface area contributed by atoms with Gasteiger partial charge in [0.15, 0.2) is 0 Å². The van der Waals surface area contributed by atoms with E-state index in [-0.39, 0.29) is 12.5 Å². The fourth-order valence-corrected chi connectivity index (χ4v) is 5.12. The Morgan fingerprint density at radius 3 is 2.34 bits per heavy atom. The summed E-state index contributed by atoms with van der Waals surface area (Å²) in [5.74, 6) is -0.334. The summed E-state index contributed by atoms with van der Waals surface area (Å²) in [6.07, 6.45) is 3.59. The van der Waals surface area contributed by atoms with Gasteiger partial charge in [-0.05, 0) is 48.5 Å². The van der Waals surface area contributed by atoms with E-state index >= 15 is 0 Å². The number of nitrogens with zero attached hydrogens (tertiary/aromatic N) is 2. The topological polar surface area (TPSA) is 69.7 Å². The lowest BCUT2D eigenvalue weighted by Crippen LogP contribution is -2.40. The van der Waals surface area contributed by atoms with Crippen LogP contribution in [0.25, 0.3) is 10.8 Å². The largest absolute Gasteiger partial charge is 0.350 e. The van der Waals surface area contributed by atoms with E-state index in [1.165, 1.54) is 22.7 Å². The number of fused-ring (bicyclic) bond motifs is 1. The van der Waals surface area contributed by atoms with Gasteiger partial charge in [0.1, 0.15) is 6.54 Å². The molecule has 1 aliphatic heterocycles. The third-order valence-electron chi connectivity index (χ3n) is 5.91. The predicted octanol–water partition coefficient (Wildman–Crippen LogP) is 3.52. The molecular formula is C25H29N3O3S. The van der Waals surface area contributed by atoms with Crippen molar-refractivity contribution in [3.05, 3.63) is 77.9 Å². The maximum Gasteiger partial charge on any atom is 0.241 e. The molecule has 1 heterocycles. The molecule has 6 nitrogen and oxygen atoms in total. The maximum atomic E-state index is 12.8. The van der Waals surface area contributed by atoms with Gasteiger partial charge in [-0.3, -0.25) is 14.0 Å². The van der Waals surface area contributed by atoms with Crippen LogP contribution in [0.4, 0.5) is 5.69 Å². The Bertz CT molecular complexity index is 1200. The van der Waals surface area contributed by atoms with Crippen molar-refractivity contribution in [1.82, 2.24) is 10.2 Å². The normalized spacial score (nSPS) is 14.5. The Morgan fingerprint density at radius 1 is 0.938 bits per heavy atom. The van der Waals surface area contributed by atoms with Gasteiger partial charge in [0.05, 0.1) is 11.9 Å². The number of hydrogen-bond acceptors (Lipinski definition) is 4. The Labute approximate surface area is 189 Å². The van der Waals surface area contributed by atoms with Crippen molar-refractivity contribution < 1.29 is 13.2 Å². The van der Waals surface area contributed by atoms with E-state index in [1.807, 2.05) is 54.6 Å². The van der Waals surface area contributed by atoms with Crippen molar-refractivity contribution in [3.8, 4) is 0 Å². The molecule has 0 radical (unpaired) electrons. The Balaban J connectivity index is 1.49. The highest BCUT2D eigenvalue weighted by molar-refractivity contribution is 7.92. The van der Waals surface area contributed by atoms with Gasteiger partial charge in [0.25, 0.3) is 0 Å². The summed E-state index contributed by atoms with van der Waals surface area (Å²) < 4.78 is 26.3. The van der Waals surface area contributed by atoms with Gasteiger partial charge >= 0.3 is 0 Å². The molecule has 3 aromatic carbocycles. The van der Waals surface area contributed by atoms with E-state index in [2.05, 4.69) is 16.3 Å². The highest BCUT2D eigenvalue weighted by atomic mass is 32.2. The standard InChI is InChI=1S/C25H29N3O3S/c1-32(30,31)28(24-14-8-12-20-9-4-5-13-23(20)24)19-25(29)26-17-21-10-2-3-11-22(21)18-27-15-6-7-16-27/h2-5,8-14H,6-7,15-19H2,1H3,(H,26,29). The van der Waals surface area contributed by atoms with Crippen molar-refractivity contribution in [2.45, 2.75) is 25.9 Å². The Morgan fingerprint density at radius 2 is 1.59 bits per heavy atom. The molecule has 0 unspecified atom stereocenters. The first-order valence-corrected chi connectivity index (χ1v) is 12.8. The number of benzene rings is 3. The van der Waals surface area contributed by atoms with Crippen LogP contribution in [0, 0.1) is 0 Å². The summed E-state index contributed by atoms with van der Waals surface area (Å²) in [5, 5.41) is 4.64. The third-order valence-corrected chi connectivity index (χ3v) is 7.04. The molecule has 1 amide bonds. The number of nitrogens with one attached hydrogen (secondary N) is 1. The van der Waals surface area contributed by atoms with Crippen molar-refractivity contribution in [2.75, 3.05) is 30.2 Å². The fourth-order valence-electron chi connectivity index (χ4n) is 4.25. The molecule has 1 saturated heterocycles. The highest BCUT2D eigenvalue weighted by Crippen LogP contribution is 2.28. The lowest BCUT2D eigenvalue weighted by atomic mass is 10.1. The summed E-state index contributed by atoms with van der Waals surface area (Å²) in [6.45, 7) is 3.19. The molecule has 168 valence electrons. The van der Waals surface area contributed by atoms with Crippen LogP contribution in [0.1, 0.15) is 24.0 Å². The zero-order chi connectivity index (χ0) is 22.6. The van der Waals surface area contributed by atoms with E-state index in [9.17, 15) is 13.2 Å². The summed E-state index contributed by atoms with van der Waals surface area (Å²) in [4.78, 5) is 15.2. The smallest absolute Gasteiger partial charge is 0.241 e.